The molecule has 0 aromatic rings. The zero-order valence-corrected chi connectivity index (χ0v) is 12.2. The van der Waals surface area contributed by atoms with Gasteiger partial charge in [-0.15, -0.1) is 0 Å². The number of nitrogens with one attached hydrogen (secondary N) is 1. The quantitative estimate of drug-likeness (QED) is 0.748. The molecule has 1 rings (SSSR count). The van der Waals surface area contributed by atoms with Crippen molar-refractivity contribution in [2.45, 2.75) is 52.1 Å². The Morgan fingerprint density at radius 3 is 2.81 bits per heavy atom. The van der Waals surface area contributed by atoms with Crippen LogP contribution < -0.4 is 5.32 Å². The molecule has 3 heteroatoms. The van der Waals surface area contributed by atoms with E-state index >= 15 is 0 Å². The zero-order valence-electron chi connectivity index (χ0n) is 11.4. The van der Waals surface area contributed by atoms with Gasteiger partial charge < -0.3 is 5.32 Å². The normalized spacial score (nSPS) is 32.6. The molecule has 0 aliphatic carbocycles. The van der Waals surface area contributed by atoms with Gasteiger partial charge >= 0.3 is 0 Å². The van der Waals surface area contributed by atoms with Gasteiger partial charge in [0.15, 0.2) is 0 Å². The molecule has 2 nitrogen and oxygen atoms in total. The Balaban J connectivity index is 2.49. The van der Waals surface area contributed by atoms with E-state index in [1.54, 1.807) is 0 Å². The first-order chi connectivity index (χ1) is 7.61. The van der Waals surface area contributed by atoms with Crippen LogP contribution in [0.25, 0.3) is 0 Å². The largest absolute Gasteiger partial charge is 0.310 e. The summed E-state index contributed by atoms with van der Waals surface area (Å²) in [5, 5.41) is 3.71. The Kier molecular flexibility index (Phi) is 6.16. The van der Waals surface area contributed by atoms with E-state index in [1.807, 2.05) is 0 Å². The average Bonchev–Trinajstić information content (AvgIpc) is 2.41. The smallest absolute Gasteiger partial charge is 0.0277 e. The standard InChI is InChI=1S/C13H28N2S/c1-5-13(4)11-15(9-10-16-6-2)12(3)7-8-14-13/h12,14H,5-11H2,1-4H3. The van der Waals surface area contributed by atoms with Crippen molar-refractivity contribution < 1.29 is 0 Å². The summed E-state index contributed by atoms with van der Waals surface area (Å²) in [6.07, 6.45) is 2.50. The molecule has 0 saturated carbocycles. The highest BCUT2D eigenvalue weighted by molar-refractivity contribution is 7.99. The van der Waals surface area contributed by atoms with Crippen LogP contribution >= 0.6 is 11.8 Å². The Labute approximate surface area is 106 Å². The van der Waals surface area contributed by atoms with Crippen molar-refractivity contribution in [3.05, 3.63) is 0 Å². The van der Waals surface area contributed by atoms with Crippen LogP contribution in [0.2, 0.25) is 0 Å². The predicted molar refractivity (Wildman–Crippen MR) is 75.3 cm³/mol. The Hall–Kier alpha value is 0.270. The molecule has 1 saturated heterocycles. The van der Waals surface area contributed by atoms with Crippen LogP contribution in [0.4, 0.5) is 0 Å². The van der Waals surface area contributed by atoms with E-state index in [0.717, 1.165) is 6.04 Å². The van der Waals surface area contributed by atoms with Gasteiger partial charge in [-0.2, -0.15) is 11.8 Å². The highest BCUT2D eigenvalue weighted by Crippen LogP contribution is 2.19. The minimum absolute atomic E-state index is 0.321. The Bertz CT molecular complexity index is 198. The van der Waals surface area contributed by atoms with E-state index in [4.69, 9.17) is 0 Å². The topological polar surface area (TPSA) is 15.3 Å². The first-order valence-corrected chi connectivity index (χ1v) is 7.83. The van der Waals surface area contributed by atoms with Gasteiger partial charge in [0.1, 0.15) is 0 Å². The molecule has 1 aliphatic rings. The summed E-state index contributed by atoms with van der Waals surface area (Å²) in [5.74, 6) is 2.52. The molecule has 0 bridgehead atoms. The minimum atomic E-state index is 0.321. The molecular formula is C13H28N2S. The first-order valence-electron chi connectivity index (χ1n) is 6.68. The van der Waals surface area contributed by atoms with Gasteiger partial charge in [-0.1, -0.05) is 13.8 Å². The molecule has 2 unspecified atom stereocenters. The molecular weight excluding hydrogens is 216 g/mol. The Morgan fingerprint density at radius 1 is 1.44 bits per heavy atom. The van der Waals surface area contributed by atoms with Crippen LogP contribution in [0.3, 0.4) is 0 Å². The monoisotopic (exact) mass is 244 g/mol. The van der Waals surface area contributed by atoms with Gasteiger partial charge in [0.05, 0.1) is 0 Å². The van der Waals surface area contributed by atoms with Crippen molar-refractivity contribution in [1.82, 2.24) is 10.2 Å². The molecule has 16 heavy (non-hydrogen) atoms. The molecule has 1 heterocycles. The van der Waals surface area contributed by atoms with E-state index in [0.29, 0.717) is 5.54 Å². The lowest BCUT2D eigenvalue weighted by Crippen LogP contribution is -2.49. The third-order valence-corrected chi connectivity index (χ3v) is 4.68. The second-order valence-corrected chi connectivity index (χ2v) is 6.54. The SMILES string of the molecule is CCSCCN1CC(C)(CC)NCCC1C. The lowest BCUT2D eigenvalue weighted by molar-refractivity contribution is 0.181. The number of hydrogen-bond acceptors (Lipinski definition) is 3. The number of nitrogens with zero attached hydrogens (tertiary/aromatic N) is 1. The fraction of sp³-hybridized carbons (Fsp3) is 1.00. The van der Waals surface area contributed by atoms with Crippen molar-refractivity contribution in [2.24, 2.45) is 0 Å². The molecule has 0 amide bonds. The fourth-order valence-electron chi connectivity index (χ4n) is 2.29. The molecule has 2 atom stereocenters. The summed E-state index contributed by atoms with van der Waals surface area (Å²) in [6, 6.07) is 0.735. The fourth-order valence-corrected chi connectivity index (χ4v) is 2.94. The maximum absolute atomic E-state index is 3.71. The van der Waals surface area contributed by atoms with Gasteiger partial charge in [-0.05, 0) is 39.0 Å². The van der Waals surface area contributed by atoms with Gasteiger partial charge in [-0.25, -0.2) is 0 Å². The van der Waals surface area contributed by atoms with Crippen molar-refractivity contribution in [3.63, 3.8) is 0 Å². The summed E-state index contributed by atoms with van der Waals surface area (Å²) in [7, 11) is 0. The maximum Gasteiger partial charge on any atom is 0.0277 e. The van der Waals surface area contributed by atoms with Gasteiger partial charge in [0, 0.05) is 30.4 Å². The first kappa shape index (κ1) is 14.3. The molecule has 96 valence electrons. The van der Waals surface area contributed by atoms with Gasteiger partial charge in [-0.3, -0.25) is 4.90 Å². The maximum atomic E-state index is 3.71. The average molecular weight is 244 g/mol. The van der Waals surface area contributed by atoms with Gasteiger partial charge in [0.25, 0.3) is 0 Å². The minimum Gasteiger partial charge on any atom is -0.310 e. The van der Waals surface area contributed by atoms with E-state index in [9.17, 15) is 0 Å². The summed E-state index contributed by atoms with van der Waals surface area (Å²) in [5.41, 5.74) is 0.321. The van der Waals surface area contributed by atoms with E-state index in [1.165, 1.54) is 44.0 Å². The highest BCUT2D eigenvalue weighted by Gasteiger charge is 2.29. The summed E-state index contributed by atoms with van der Waals surface area (Å²) in [4.78, 5) is 2.67. The number of hydrogen-bond donors (Lipinski definition) is 1. The van der Waals surface area contributed by atoms with Crippen LogP contribution in [0, 0.1) is 0 Å². The van der Waals surface area contributed by atoms with Crippen molar-refractivity contribution >= 4 is 11.8 Å². The third-order valence-electron chi connectivity index (χ3n) is 3.80. The molecule has 0 radical (unpaired) electrons. The summed E-state index contributed by atoms with van der Waals surface area (Å²) < 4.78 is 0. The highest BCUT2D eigenvalue weighted by atomic mass is 32.2. The van der Waals surface area contributed by atoms with E-state index in [2.05, 4.69) is 49.7 Å². The second kappa shape index (κ2) is 6.87. The third kappa shape index (κ3) is 4.27. The number of thioether (sulfide) groups is 1. The van der Waals surface area contributed by atoms with E-state index in [-0.39, 0.29) is 0 Å². The molecule has 0 spiro atoms. The van der Waals surface area contributed by atoms with Crippen molar-refractivity contribution in [3.8, 4) is 0 Å². The van der Waals surface area contributed by atoms with Crippen LogP contribution in [-0.2, 0) is 0 Å². The summed E-state index contributed by atoms with van der Waals surface area (Å²) >= 11 is 2.06. The van der Waals surface area contributed by atoms with Gasteiger partial charge in [0.2, 0.25) is 0 Å². The molecule has 0 aromatic carbocycles. The Morgan fingerprint density at radius 2 is 2.19 bits per heavy atom. The van der Waals surface area contributed by atoms with Crippen LogP contribution in [-0.4, -0.2) is 47.6 Å². The second-order valence-electron chi connectivity index (χ2n) is 5.15. The van der Waals surface area contributed by atoms with Crippen molar-refractivity contribution in [1.29, 1.82) is 0 Å². The van der Waals surface area contributed by atoms with Crippen LogP contribution in [0.1, 0.15) is 40.5 Å². The molecule has 1 aliphatic heterocycles. The lowest BCUT2D eigenvalue weighted by Gasteiger charge is -2.34. The lowest BCUT2D eigenvalue weighted by atomic mass is 9.98. The summed E-state index contributed by atoms with van der Waals surface area (Å²) in [6.45, 7) is 12.9. The number of rotatable bonds is 5. The predicted octanol–water partition coefficient (Wildman–Crippen LogP) is 2.59. The molecule has 0 aromatic heterocycles. The molecule has 1 fully saturated rings. The van der Waals surface area contributed by atoms with E-state index < -0.39 is 0 Å². The van der Waals surface area contributed by atoms with Crippen LogP contribution in [0.5, 0.6) is 0 Å². The van der Waals surface area contributed by atoms with Crippen molar-refractivity contribution in [2.75, 3.05) is 31.1 Å². The van der Waals surface area contributed by atoms with Crippen LogP contribution in [0.15, 0.2) is 0 Å². The molecule has 1 N–H and O–H groups in total. The zero-order chi connectivity index (χ0) is 12.0.